The minimum atomic E-state index is -1.19. The lowest BCUT2D eigenvalue weighted by atomic mass is 9.82. The highest BCUT2D eigenvalue weighted by molar-refractivity contribution is 5.87. The first-order chi connectivity index (χ1) is 19.9. The van der Waals surface area contributed by atoms with Crippen LogP contribution >= 0.6 is 0 Å². The van der Waals surface area contributed by atoms with E-state index in [9.17, 15) is 14.3 Å². The van der Waals surface area contributed by atoms with Gasteiger partial charge in [-0.05, 0) is 74.4 Å². The van der Waals surface area contributed by atoms with Crippen molar-refractivity contribution in [3.63, 3.8) is 0 Å². The summed E-state index contributed by atoms with van der Waals surface area (Å²) in [7, 11) is 1.63. The second-order valence-electron chi connectivity index (χ2n) is 12.7. The normalized spacial score (nSPS) is 15.8. The Morgan fingerprint density at radius 1 is 1.07 bits per heavy atom. The minimum absolute atomic E-state index is 0.209. The molecule has 226 valence electrons. The molecule has 1 aliphatic rings. The Balaban J connectivity index is 1.73. The van der Waals surface area contributed by atoms with Crippen molar-refractivity contribution in [3.05, 3.63) is 77.4 Å². The van der Waals surface area contributed by atoms with Gasteiger partial charge in [-0.2, -0.15) is 0 Å². The Morgan fingerprint density at radius 3 is 2.29 bits per heavy atom. The molecule has 0 aliphatic carbocycles. The quantitative estimate of drug-likeness (QED) is 0.257. The molecule has 0 amide bonds. The summed E-state index contributed by atoms with van der Waals surface area (Å²) in [6.45, 7) is 12.4. The highest BCUT2D eigenvalue weighted by Gasteiger charge is 2.35. The molecule has 0 saturated carbocycles. The number of ether oxygens (including phenoxy) is 3. The molecule has 3 aromatic rings. The number of benzene rings is 2. The van der Waals surface area contributed by atoms with E-state index in [0.29, 0.717) is 24.3 Å². The van der Waals surface area contributed by atoms with Gasteiger partial charge in [0.1, 0.15) is 11.6 Å². The minimum Gasteiger partial charge on any atom is -0.493 e. The number of carbonyl (C=O) groups is 1. The first kappa shape index (κ1) is 31.4. The number of rotatable bonds is 11. The zero-order valence-corrected chi connectivity index (χ0v) is 25.6. The molecular formula is C34H43FN2O5. The molecule has 1 aliphatic heterocycles. The predicted molar refractivity (Wildman–Crippen MR) is 162 cm³/mol. The molecule has 2 aromatic carbocycles. The average Bonchev–Trinajstić information content (AvgIpc) is 2.93. The lowest BCUT2D eigenvalue weighted by Crippen LogP contribution is -2.39. The maximum Gasteiger partial charge on any atom is 0.337 e. The number of pyridine rings is 1. The number of piperidine rings is 1. The molecule has 4 rings (SSSR count). The Labute approximate surface area is 248 Å². The van der Waals surface area contributed by atoms with Gasteiger partial charge in [0, 0.05) is 43.9 Å². The van der Waals surface area contributed by atoms with Crippen LogP contribution in [-0.2, 0) is 27.3 Å². The number of hydrogen-bond donors (Lipinski definition) is 1. The van der Waals surface area contributed by atoms with Gasteiger partial charge >= 0.3 is 5.97 Å². The average molecular weight is 579 g/mol. The van der Waals surface area contributed by atoms with Gasteiger partial charge in [-0.3, -0.25) is 4.98 Å². The summed E-state index contributed by atoms with van der Waals surface area (Å²) in [6, 6.07) is 14.2. The molecule has 1 atom stereocenters. The van der Waals surface area contributed by atoms with Gasteiger partial charge < -0.3 is 24.2 Å². The van der Waals surface area contributed by atoms with Crippen molar-refractivity contribution < 1.29 is 28.5 Å². The number of carboxylic acid groups (broad SMARTS) is 1. The van der Waals surface area contributed by atoms with Crippen molar-refractivity contribution >= 4 is 11.7 Å². The summed E-state index contributed by atoms with van der Waals surface area (Å²) in [5.41, 5.74) is 4.35. The molecule has 2 heterocycles. The van der Waals surface area contributed by atoms with E-state index in [1.54, 1.807) is 25.4 Å². The molecule has 0 radical (unpaired) electrons. The number of halogens is 1. The molecule has 1 fully saturated rings. The SMILES string of the molecule is COCc1ncc([C@H](OC(C)(C)C)C(=O)O)c(N2CCC(C)(C)CC2)c1-c1ccc(OCCc2ccc(F)cc2)cc1. The Hall–Kier alpha value is -3.49. The maximum absolute atomic E-state index is 13.2. The van der Waals surface area contributed by atoms with Gasteiger partial charge in [0.15, 0.2) is 6.10 Å². The van der Waals surface area contributed by atoms with E-state index in [1.165, 1.54) is 12.1 Å². The summed E-state index contributed by atoms with van der Waals surface area (Å²) >= 11 is 0. The summed E-state index contributed by atoms with van der Waals surface area (Å²) in [5, 5.41) is 10.3. The lowest BCUT2D eigenvalue weighted by molar-refractivity contribution is -0.160. The van der Waals surface area contributed by atoms with E-state index in [1.807, 2.05) is 45.0 Å². The van der Waals surface area contributed by atoms with Gasteiger partial charge in [0.05, 0.1) is 30.2 Å². The van der Waals surface area contributed by atoms with Crippen molar-refractivity contribution in [2.75, 3.05) is 31.7 Å². The fraction of sp³-hybridized carbons (Fsp3) is 0.471. The molecule has 0 bridgehead atoms. The zero-order valence-electron chi connectivity index (χ0n) is 25.6. The second-order valence-corrected chi connectivity index (χ2v) is 12.7. The first-order valence-corrected chi connectivity index (χ1v) is 14.5. The highest BCUT2D eigenvalue weighted by Crippen LogP contribution is 2.44. The third kappa shape index (κ3) is 8.07. The molecule has 7 nitrogen and oxygen atoms in total. The monoisotopic (exact) mass is 578 g/mol. The number of carboxylic acids is 1. The van der Waals surface area contributed by atoms with E-state index in [-0.39, 0.29) is 17.8 Å². The Bertz CT molecular complexity index is 1340. The van der Waals surface area contributed by atoms with Crippen LogP contribution in [-0.4, -0.2) is 48.5 Å². The van der Waals surface area contributed by atoms with E-state index in [4.69, 9.17) is 19.2 Å². The number of hydrogen-bond acceptors (Lipinski definition) is 6. The van der Waals surface area contributed by atoms with Crippen molar-refractivity contribution in [1.29, 1.82) is 0 Å². The van der Waals surface area contributed by atoms with E-state index < -0.39 is 17.7 Å². The zero-order chi connectivity index (χ0) is 30.5. The van der Waals surface area contributed by atoms with Crippen LogP contribution in [0.15, 0.2) is 54.7 Å². The van der Waals surface area contributed by atoms with Crippen molar-refractivity contribution in [1.82, 2.24) is 4.98 Å². The Kier molecular flexibility index (Phi) is 9.89. The van der Waals surface area contributed by atoms with Gasteiger partial charge in [-0.1, -0.05) is 38.1 Å². The van der Waals surface area contributed by atoms with Crippen LogP contribution < -0.4 is 9.64 Å². The first-order valence-electron chi connectivity index (χ1n) is 14.5. The summed E-state index contributed by atoms with van der Waals surface area (Å²) < 4.78 is 30.9. The Morgan fingerprint density at radius 2 is 1.71 bits per heavy atom. The molecule has 0 spiro atoms. The fourth-order valence-corrected chi connectivity index (χ4v) is 5.23. The molecule has 42 heavy (non-hydrogen) atoms. The summed E-state index contributed by atoms with van der Waals surface area (Å²) in [4.78, 5) is 19.6. The van der Waals surface area contributed by atoms with Crippen LogP contribution in [0.2, 0.25) is 0 Å². The van der Waals surface area contributed by atoms with Crippen LogP contribution in [0.3, 0.4) is 0 Å². The summed E-state index contributed by atoms with van der Waals surface area (Å²) in [5.74, 6) is -0.603. The fourth-order valence-electron chi connectivity index (χ4n) is 5.23. The molecule has 1 saturated heterocycles. The van der Waals surface area contributed by atoms with Gasteiger partial charge in [-0.15, -0.1) is 0 Å². The molecule has 8 heteroatoms. The van der Waals surface area contributed by atoms with Crippen molar-refractivity contribution in [3.8, 4) is 16.9 Å². The van der Waals surface area contributed by atoms with Gasteiger partial charge in [0.2, 0.25) is 0 Å². The predicted octanol–water partition coefficient (Wildman–Crippen LogP) is 7.22. The van der Waals surface area contributed by atoms with Gasteiger partial charge in [0.25, 0.3) is 0 Å². The largest absolute Gasteiger partial charge is 0.493 e. The number of aromatic nitrogens is 1. The van der Waals surface area contributed by atoms with E-state index >= 15 is 0 Å². The van der Waals surface area contributed by atoms with Crippen LogP contribution in [0.4, 0.5) is 10.1 Å². The van der Waals surface area contributed by atoms with E-state index in [2.05, 4.69) is 18.7 Å². The standard InChI is InChI=1S/C34H43FN2O5/c1-33(2,3)42-31(32(38)39)27-21-36-28(22-40-6)29(30(27)37-18-16-34(4,5)17-19-37)24-9-13-26(14-10-24)41-20-15-23-7-11-25(35)12-8-23/h7-14,21,31H,15-20,22H2,1-6H3,(H,38,39)/t31-/m0/s1. The second kappa shape index (κ2) is 13.2. The van der Waals surface area contributed by atoms with Crippen LogP contribution in [0.5, 0.6) is 5.75 Å². The van der Waals surface area contributed by atoms with E-state index in [0.717, 1.165) is 54.0 Å². The number of aliphatic carboxylic acids is 1. The highest BCUT2D eigenvalue weighted by atomic mass is 19.1. The number of nitrogens with zero attached hydrogens (tertiary/aromatic N) is 2. The molecule has 1 aromatic heterocycles. The topological polar surface area (TPSA) is 81.1 Å². The van der Waals surface area contributed by atoms with Crippen LogP contribution in [0.25, 0.3) is 11.1 Å². The van der Waals surface area contributed by atoms with Crippen molar-refractivity contribution in [2.45, 2.75) is 72.2 Å². The lowest BCUT2D eigenvalue weighted by Gasteiger charge is -2.41. The third-order valence-electron chi connectivity index (χ3n) is 7.57. The van der Waals surface area contributed by atoms with Gasteiger partial charge in [-0.25, -0.2) is 9.18 Å². The third-order valence-corrected chi connectivity index (χ3v) is 7.57. The van der Waals surface area contributed by atoms with Crippen LogP contribution in [0.1, 0.15) is 70.4 Å². The maximum atomic E-state index is 13.2. The smallest absolute Gasteiger partial charge is 0.337 e. The number of methoxy groups -OCH3 is 1. The molecule has 1 N–H and O–H groups in total. The number of anilines is 1. The molecule has 0 unspecified atom stereocenters. The van der Waals surface area contributed by atoms with Crippen molar-refractivity contribution in [2.24, 2.45) is 5.41 Å². The summed E-state index contributed by atoms with van der Waals surface area (Å²) in [6.07, 6.45) is 3.07. The van der Waals surface area contributed by atoms with Crippen LogP contribution in [0, 0.1) is 11.2 Å². The molecular weight excluding hydrogens is 535 g/mol.